The molecule has 0 bridgehead atoms. The molecule has 1 amide bonds. The molecule has 19 heavy (non-hydrogen) atoms. The summed E-state index contributed by atoms with van der Waals surface area (Å²) in [6.07, 6.45) is 0. The molecule has 2 nitrogen and oxygen atoms in total. The van der Waals surface area contributed by atoms with Gasteiger partial charge in [-0.2, -0.15) is 0 Å². The number of halogens is 1. The van der Waals surface area contributed by atoms with Gasteiger partial charge >= 0.3 is 0 Å². The number of rotatable bonds is 2. The van der Waals surface area contributed by atoms with Gasteiger partial charge in [-0.25, -0.2) is 0 Å². The summed E-state index contributed by atoms with van der Waals surface area (Å²) in [6, 6.07) is 13.8. The van der Waals surface area contributed by atoms with E-state index >= 15 is 0 Å². The number of hydrogen-bond acceptors (Lipinski definition) is 1. The largest absolute Gasteiger partial charge is 0.350 e. The van der Waals surface area contributed by atoms with Crippen LogP contribution < -0.4 is 5.32 Å². The van der Waals surface area contributed by atoms with E-state index in [1.165, 1.54) is 0 Å². The van der Waals surface area contributed by atoms with Crippen LogP contribution in [-0.4, -0.2) is 11.4 Å². The van der Waals surface area contributed by atoms with Crippen LogP contribution in [-0.2, 0) is 4.79 Å². The molecule has 0 saturated heterocycles. The quantitative estimate of drug-likeness (QED) is 0.824. The Hall–Kier alpha value is -1.54. The number of carbonyl (C=O) groups excluding carboxylic acids is 1. The van der Waals surface area contributed by atoms with Crippen molar-refractivity contribution in [2.45, 2.75) is 31.7 Å². The molecular formula is C16H18ClNO. The third kappa shape index (κ3) is 3.27. The van der Waals surface area contributed by atoms with Gasteiger partial charge in [-0.05, 0) is 37.1 Å². The summed E-state index contributed by atoms with van der Waals surface area (Å²) < 4.78 is 0. The number of benzene rings is 2. The van der Waals surface area contributed by atoms with Gasteiger partial charge in [-0.1, -0.05) is 42.5 Å². The maximum absolute atomic E-state index is 12.2. The Kier molecular flexibility index (Phi) is 3.81. The Morgan fingerprint density at radius 1 is 1.11 bits per heavy atom. The van der Waals surface area contributed by atoms with Crippen LogP contribution in [0.5, 0.6) is 0 Å². The Bertz CT molecular complexity index is 596. The molecule has 0 saturated carbocycles. The SMILES string of the molecule is CC(C)(C)NC(=O)C(Cl)c1cccc2ccccc12. The highest BCUT2D eigenvalue weighted by Crippen LogP contribution is 2.29. The van der Waals surface area contributed by atoms with Crippen LogP contribution >= 0.6 is 11.6 Å². The molecule has 0 aliphatic rings. The van der Waals surface area contributed by atoms with Crippen molar-refractivity contribution in [2.24, 2.45) is 0 Å². The van der Waals surface area contributed by atoms with Crippen molar-refractivity contribution in [1.29, 1.82) is 0 Å². The fourth-order valence-corrected chi connectivity index (χ4v) is 2.29. The molecule has 0 fully saturated rings. The van der Waals surface area contributed by atoms with Crippen LogP contribution in [0.4, 0.5) is 0 Å². The molecule has 0 aliphatic carbocycles. The predicted molar refractivity (Wildman–Crippen MR) is 80.4 cm³/mol. The molecule has 0 aromatic heterocycles. The van der Waals surface area contributed by atoms with E-state index in [2.05, 4.69) is 5.32 Å². The lowest BCUT2D eigenvalue weighted by atomic mass is 10.0. The summed E-state index contributed by atoms with van der Waals surface area (Å²) in [5.74, 6) is -0.162. The second-order valence-electron chi connectivity index (χ2n) is 5.67. The highest BCUT2D eigenvalue weighted by atomic mass is 35.5. The third-order valence-electron chi connectivity index (χ3n) is 2.82. The molecule has 0 spiro atoms. The van der Waals surface area contributed by atoms with Crippen molar-refractivity contribution >= 4 is 28.3 Å². The second-order valence-corrected chi connectivity index (χ2v) is 6.11. The van der Waals surface area contributed by atoms with Crippen LogP contribution in [0.15, 0.2) is 42.5 Å². The molecule has 1 N–H and O–H groups in total. The average Bonchev–Trinajstić information content (AvgIpc) is 2.35. The van der Waals surface area contributed by atoms with Gasteiger partial charge < -0.3 is 5.32 Å². The summed E-state index contributed by atoms with van der Waals surface area (Å²) in [5.41, 5.74) is 0.566. The van der Waals surface area contributed by atoms with Gasteiger partial charge in [0, 0.05) is 5.54 Å². The van der Waals surface area contributed by atoms with Gasteiger partial charge in [0.2, 0.25) is 5.91 Å². The topological polar surface area (TPSA) is 29.1 Å². The van der Waals surface area contributed by atoms with Gasteiger partial charge in [0.1, 0.15) is 5.38 Å². The smallest absolute Gasteiger partial charge is 0.243 e. The Balaban J connectivity index is 2.36. The third-order valence-corrected chi connectivity index (χ3v) is 3.26. The van der Waals surface area contributed by atoms with E-state index in [4.69, 9.17) is 11.6 Å². The maximum Gasteiger partial charge on any atom is 0.243 e. The molecule has 3 heteroatoms. The van der Waals surface area contributed by atoms with Gasteiger partial charge in [0.15, 0.2) is 0 Å². The number of fused-ring (bicyclic) bond motifs is 1. The molecular weight excluding hydrogens is 258 g/mol. The second kappa shape index (κ2) is 5.22. The van der Waals surface area contributed by atoms with Crippen LogP contribution in [0.3, 0.4) is 0 Å². The number of nitrogens with one attached hydrogen (secondary N) is 1. The minimum atomic E-state index is -0.676. The number of amides is 1. The number of hydrogen-bond donors (Lipinski definition) is 1. The molecule has 1 unspecified atom stereocenters. The van der Waals surface area contributed by atoms with Crippen molar-refractivity contribution in [2.75, 3.05) is 0 Å². The number of alkyl halides is 1. The van der Waals surface area contributed by atoms with E-state index in [1.807, 2.05) is 63.2 Å². The zero-order valence-electron chi connectivity index (χ0n) is 11.4. The van der Waals surface area contributed by atoms with Gasteiger partial charge in [-0.3, -0.25) is 4.79 Å². The fraction of sp³-hybridized carbons (Fsp3) is 0.312. The molecule has 1 atom stereocenters. The van der Waals surface area contributed by atoms with Crippen molar-refractivity contribution in [3.8, 4) is 0 Å². The van der Waals surface area contributed by atoms with Crippen LogP contribution in [0.1, 0.15) is 31.7 Å². The average molecular weight is 276 g/mol. The zero-order chi connectivity index (χ0) is 14.0. The first-order chi connectivity index (χ1) is 8.88. The Morgan fingerprint density at radius 2 is 1.74 bits per heavy atom. The summed E-state index contributed by atoms with van der Waals surface area (Å²) >= 11 is 6.33. The lowest BCUT2D eigenvalue weighted by Crippen LogP contribution is -2.42. The van der Waals surface area contributed by atoms with E-state index in [0.29, 0.717) is 0 Å². The standard InChI is InChI=1S/C16H18ClNO/c1-16(2,3)18-15(19)14(17)13-10-6-8-11-7-4-5-9-12(11)13/h4-10,14H,1-3H3,(H,18,19). The van der Waals surface area contributed by atoms with Crippen LogP contribution in [0, 0.1) is 0 Å². The zero-order valence-corrected chi connectivity index (χ0v) is 12.2. The van der Waals surface area contributed by atoms with Gasteiger partial charge in [0.05, 0.1) is 0 Å². The molecule has 2 aromatic carbocycles. The highest BCUT2D eigenvalue weighted by Gasteiger charge is 2.23. The summed E-state index contributed by atoms with van der Waals surface area (Å²) in [6.45, 7) is 5.83. The predicted octanol–water partition coefficient (Wildman–Crippen LogP) is 4.03. The van der Waals surface area contributed by atoms with Crippen molar-refractivity contribution in [3.05, 3.63) is 48.0 Å². The van der Waals surface area contributed by atoms with Crippen LogP contribution in [0.2, 0.25) is 0 Å². The highest BCUT2D eigenvalue weighted by molar-refractivity contribution is 6.31. The normalized spacial score (nSPS) is 13.3. The first-order valence-corrected chi connectivity index (χ1v) is 6.76. The fourth-order valence-electron chi connectivity index (χ4n) is 2.05. The first kappa shape index (κ1) is 13.9. The Labute approximate surface area is 118 Å². The summed E-state index contributed by atoms with van der Waals surface area (Å²) in [5, 5.41) is 4.35. The van der Waals surface area contributed by atoms with Crippen molar-refractivity contribution in [1.82, 2.24) is 5.32 Å². The lowest BCUT2D eigenvalue weighted by molar-refractivity contribution is -0.122. The molecule has 2 aromatic rings. The first-order valence-electron chi connectivity index (χ1n) is 6.32. The molecule has 0 aliphatic heterocycles. The minimum Gasteiger partial charge on any atom is -0.350 e. The molecule has 100 valence electrons. The van der Waals surface area contributed by atoms with E-state index in [1.54, 1.807) is 0 Å². The lowest BCUT2D eigenvalue weighted by Gasteiger charge is -2.23. The monoisotopic (exact) mass is 275 g/mol. The maximum atomic E-state index is 12.2. The van der Waals surface area contributed by atoms with E-state index < -0.39 is 5.38 Å². The van der Waals surface area contributed by atoms with Crippen molar-refractivity contribution < 1.29 is 4.79 Å². The van der Waals surface area contributed by atoms with E-state index in [-0.39, 0.29) is 11.4 Å². The van der Waals surface area contributed by atoms with E-state index in [9.17, 15) is 4.79 Å². The van der Waals surface area contributed by atoms with Gasteiger partial charge in [-0.15, -0.1) is 11.6 Å². The molecule has 0 radical (unpaired) electrons. The van der Waals surface area contributed by atoms with Gasteiger partial charge in [0.25, 0.3) is 0 Å². The summed E-state index contributed by atoms with van der Waals surface area (Å²) in [7, 11) is 0. The molecule has 2 rings (SSSR count). The number of carbonyl (C=O) groups is 1. The van der Waals surface area contributed by atoms with Crippen LogP contribution in [0.25, 0.3) is 10.8 Å². The van der Waals surface area contributed by atoms with Crippen molar-refractivity contribution in [3.63, 3.8) is 0 Å². The minimum absolute atomic E-state index is 0.162. The Morgan fingerprint density at radius 3 is 2.42 bits per heavy atom. The molecule has 0 heterocycles. The summed E-state index contributed by atoms with van der Waals surface area (Å²) in [4.78, 5) is 12.2. The van der Waals surface area contributed by atoms with E-state index in [0.717, 1.165) is 16.3 Å².